The quantitative estimate of drug-likeness (QED) is 0.343. The molecule has 0 spiro atoms. The first kappa shape index (κ1) is 19.4. The fraction of sp³-hybridized carbons (Fsp3) is 0.167. The van der Waals surface area contributed by atoms with Crippen LogP contribution in [0.2, 0.25) is 0 Å². The monoisotopic (exact) mass is 430 g/mol. The zero-order chi connectivity index (χ0) is 21.0. The number of ether oxygens (including phenoxy) is 1. The molecule has 5 aromatic rings. The molecule has 3 aromatic heterocycles. The topological polar surface area (TPSA) is 57.5 Å². The first-order valence-electron chi connectivity index (χ1n) is 10.1. The average molecular weight is 431 g/mol. The normalized spacial score (nSPS) is 12.0. The van der Waals surface area contributed by atoms with Crippen molar-refractivity contribution < 1.29 is 9.15 Å². The molecular weight excluding hydrogens is 408 g/mol. The van der Waals surface area contributed by atoms with E-state index in [2.05, 4.69) is 31.6 Å². The molecule has 156 valence electrons. The molecule has 5 rings (SSSR count). The minimum Gasteiger partial charge on any atom is -0.497 e. The Hall–Kier alpha value is -3.58. The second-order valence-corrected chi connectivity index (χ2v) is 8.01. The van der Waals surface area contributed by atoms with Gasteiger partial charge in [-0.3, -0.25) is 0 Å². The molecule has 0 aliphatic carbocycles. The molecule has 0 N–H and O–H groups in total. The summed E-state index contributed by atoms with van der Waals surface area (Å²) in [7, 11) is 1.67. The fourth-order valence-electron chi connectivity index (χ4n) is 3.56. The zero-order valence-corrected chi connectivity index (χ0v) is 18.0. The van der Waals surface area contributed by atoms with E-state index in [-0.39, 0.29) is 0 Å². The van der Waals surface area contributed by atoms with E-state index in [1.54, 1.807) is 24.6 Å². The van der Waals surface area contributed by atoms with Gasteiger partial charge in [-0.25, -0.2) is 9.98 Å². The first-order chi connectivity index (χ1) is 15.3. The van der Waals surface area contributed by atoms with E-state index in [1.807, 2.05) is 55.0 Å². The van der Waals surface area contributed by atoms with E-state index in [4.69, 9.17) is 14.1 Å². The number of methoxy groups -OCH3 is 1. The summed E-state index contributed by atoms with van der Waals surface area (Å²) < 4.78 is 15.8. The Morgan fingerprint density at radius 1 is 1.10 bits per heavy atom. The molecule has 6 nitrogen and oxygen atoms in total. The number of thiazole rings is 1. The van der Waals surface area contributed by atoms with Crippen molar-refractivity contribution in [2.24, 2.45) is 4.99 Å². The summed E-state index contributed by atoms with van der Waals surface area (Å²) in [6.07, 6.45) is 6.59. The van der Waals surface area contributed by atoms with Crippen LogP contribution in [-0.4, -0.2) is 21.2 Å². The number of furan rings is 1. The van der Waals surface area contributed by atoms with Crippen molar-refractivity contribution >= 4 is 28.0 Å². The van der Waals surface area contributed by atoms with Crippen molar-refractivity contribution in [2.45, 2.75) is 19.5 Å². The highest BCUT2D eigenvalue weighted by Crippen LogP contribution is 2.28. The van der Waals surface area contributed by atoms with E-state index in [0.29, 0.717) is 0 Å². The van der Waals surface area contributed by atoms with Crippen LogP contribution in [0.3, 0.4) is 0 Å². The molecule has 31 heavy (non-hydrogen) atoms. The average Bonchev–Trinajstić information content (AvgIpc) is 3.54. The summed E-state index contributed by atoms with van der Waals surface area (Å²) in [5, 5.41) is 3.22. The van der Waals surface area contributed by atoms with Gasteiger partial charge in [-0.15, -0.1) is 11.3 Å². The molecule has 0 atom stereocenters. The molecule has 0 aliphatic rings. The molecule has 0 unspecified atom stereocenters. The first-order valence-corrected chi connectivity index (χ1v) is 11.0. The number of aryl methyl sites for hydroxylation is 1. The Balaban J connectivity index is 1.54. The van der Waals surface area contributed by atoms with Gasteiger partial charge in [0.1, 0.15) is 11.3 Å². The second-order valence-electron chi connectivity index (χ2n) is 7.17. The van der Waals surface area contributed by atoms with Crippen LogP contribution in [0.1, 0.15) is 6.42 Å². The Morgan fingerprint density at radius 2 is 2.03 bits per heavy atom. The lowest BCUT2D eigenvalue weighted by atomic mass is 10.2. The third kappa shape index (κ3) is 4.18. The van der Waals surface area contributed by atoms with Crippen LogP contribution < -0.4 is 9.54 Å². The molecule has 0 bridgehead atoms. The minimum absolute atomic E-state index is 0.793. The van der Waals surface area contributed by atoms with Crippen LogP contribution in [0.25, 0.3) is 22.4 Å². The Kier molecular flexibility index (Phi) is 5.41. The van der Waals surface area contributed by atoms with Gasteiger partial charge < -0.3 is 18.3 Å². The van der Waals surface area contributed by atoms with E-state index < -0.39 is 0 Å². The smallest absolute Gasteiger partial charge is 0.190 e. The van der Waals surface area contributed by atoms with Crippen LogP contribution in [0.15, 0.2) is 88.1 Å². The summed E-state index contributed by atoms with van der Waals surface area (Å²) in [6.45, 7) is 1.71. The number of aromatic nitrogens is 3. The van der Waals surface area contributed by atoms with Crippen molar-refractivity contribution in [1.29, 1.82) is 0 Å². The van der Waals surface area contributed by atoms with E-state index in [9.17, 15) is 0 Å². The third-order valence-corrected chi connectivity index (χ3v) is 5.97. The van der Waals surface area contributed by atoms with Crippen LogP contribution in [0, 0.1) is 0 Å². The maximum atomic E-state index is 6.16. The number of hydrogen-bond donors (Lipinski definition) is 0. The van der Waals surface area contributed by atoms with Gasteiger partial charge in [0.2, 0.25) is 0 Å². The fourth-order valence-corrected chi connectivity index (χ4v) is 4.50. The summed E-state index contributed by atoms with van der Waals surface area (Å²) in [5.74, 6) is 1.65. The summed E-state index contributed by atoms with van der Waals surface area (Å²) in [4.78, 5) is 9.96. The number of rotatable bonds is 7. The van der Waals surface area contributed by atoms with Crippen molar-refractivity contribution in [3.8, 4) is 17.2 Å². The molecule has 0 amide bonds. The molecule has 2 aromatic carbocycles. The Labute approximate surface area is 183 Å². The van der Waals surface area contributed by atoms with Crippen molar-refractivity contribution in [2.75, 3.05) is 7.11 Å². The van der Waals surface area contributed by atoms with Gasteiger partial charge in [-0.05, 0) is 30.7 Å². The zero-order valence-electron chi connectivity index (χ0n) is 17.1. The van der Waals surface area contributed by atoms with Gasteiger partial charge >= 0.3 is 0 Å². The van der Waals surface area contributed by atoms with E-state index >= 15 is 0 Å². The molecular formula is C24H22N4O2S. The summed E-state index contributed by atoms with van der Waals surface area (Å²) in [5.41, 5.74) is 2.79. The molecule has 0 saturated heterocycles. The summed E-state index contributed by atoms with van der Waals surface area (Å²) >= 11 is 1.61. The van der Waals surface area contributed by atoms with Gasteiger partial charge in [0, 0.05) is 42.3 Å². The molecule has 0 aliphatic heterocycles. The lowest BCUT2D eigenvalue weighted by molar-refractivity contribution is 0.415. The van der Waals surface area contributed by atoms with E-state index in [0.717, 1.165) is 58.2 Å². The lowest BCUT2D eigenvalue weighted by Crippen LogP contribution is -2.17. The highest BCUT2D eigenvalue weighted by atomic mass is 32.1. The summed E-state index contributed by atoms with van der Waals surface area (Å²) in [6, 6.07) is 18.0. The number of fused-ring (bicyclic) bond motifs is 1. The Morgan fingerprint density at radius 3 is 2.87 bits per heavy atom. The van der Waals surface area contributed by atoms with Gasteiger partial charge in [-0.2, -0.15) is 0 Å². The molecule has 0 saturated carbocycles. The van der Waals surface area contributed by atoms with E-state index in [1.165, 1.54) is 0 Å². The van der Waals surface area contributed by atoms with Crippen LogP contribution >= 0.6 is 11.3 Å². The van der Waals surface area contributed by atoms with Gasteiger partial charge in [-0.1, -0.05) is 24.3 Å². The lowest BCUT2D eigenvalue weighted by Gasteiger charge is -2.08. The molecule has 0 radical (unpaired) electrons. The van der Waals surface area contributed by atoms with Gasteiger partial charge in [0.25, 0.3) is 0 Å². The SMILES string of the molecule is COc1cccc(N=c2scc(-c3cc4ccccc4o3)n2CCCn2ccnc2)c1. The minimum atomic E-state index is 0.793. The highest BCUT2D eigenvalue weighted by Gasteiger charge is 2.13. The van der Waals surface area contributed by atoms with Crippen molar-refractivity contribution in [3.05, 3.63) is 83.5 Å². The van der Waals surface area contributed by atoms with Crippen molar-refractivity contribution in [1.82, 2.24) is 14.1 Å². The van der Waals surface area contributed by atoms with Crippen LogP contribution in [-0.2, 0) is 13.1 Å². The number of benzene rings is 2. The van der Waals surface area contributed by atoms with Gasteiger partial charge in [0.05, 0.1) is 24.8 Å². The number of imidazole rings is 1. The molecule has 3 heterocycles. The maximum absolute atomic E-state index is 6.16. The largest absolute Gasteiger partial charge is 0.497 e. The highest BCUT2D eigenvalue weighted by molar-refractivity contribution is 7.07. The standard InChI is InChI=1S/C24H22N4O2S/c1-29-20-8-4-7-19(15-20)26-24-28(12-5-11-27-13-10-25-17-27)21(16-31-24)23-14-18-6-2-3-9-22(18)30-23/h2-4,6-10,13-17H,5,11-12H2,1H3. The third-order valence-electron chi connectivity index (χ3n) is 5.11. The number of para-hydroxylation sites is 1. The van der Waals surface area contributed by atoms with Crippen molar-refractivity contribution in [3.63, 3.8) is 0 Å². The Bertz CT molecular complexity index is 1330. The van der Waals surface area contributed by atoms with Gasteiger partial charge in [0.15, 0.2) is 10.6 Å². The predicted molar refractivity (Wildman–Crippen MR) is 123 cm³/mol. The second kappa shape index (κ2) is 8.65. The maximum Gasteiger partial charge on any atom is 0.190 e. The van der Waals surface area contributed by atoms with Crippen LogP contribution in [0.4, 0.5) is 5.69 Å². The number of nitrogens with zero attached hydrogens (tertiary/aromatic N) is 4. The van der Waals surface area contributed by atoms with Crippen LogP contribution in [0.5, 0.6) is 5.75 Å². The predicted octanol–water partition coefficient (Wildman–Crippen LogP) is 5.49. The molecule has 0 fully saturated rings. The molecule has 7 heteroatoms. The number of hydrogen-bond acceptors (Lipinski definition) is 5.